The van der Waals surface area contributed by atoms with E-state index in [0.717, 1.165) is 31.5 Å². The van der Waals surface area contributed by atoms with Crippen molar-refractivity contribution in [3.8, 4) is 22.9 Å². The lowest BCUT2D eigenvalue weighted by Crippen LogP contribution is -2.45. The molecular weight excluding hydrogens is 678 g/mol. The molecule has 0 bridgehead atoms. The molecule has 1 N–H and O–H groups in total. The Morgan fingerprint density at radius 2 is 1.96 bits per heavy atom. The van der Waals surface area contributed by atoms with Crippen molar-refractivity contribution in [3.63, 3.8) is 0 Å². The summed E-state index contributed by atoms with van der Waals surface area (Å²) in [7, 11) is 1.89. The maximum Gasteiger partial charge on any atom is 0.338 e. The van der Waals surface area contributed by atoms with Crippen LogP contribution in [-0.2, 0) is 11.3 Å². The molecule has 12 nitrogen and oxygen atoms in total. The second-order valence-electron chi connectivity index (χ2n) is 12.7. The average molecular weight is 714 g/mol. The number of ether oxygens (including phenoxy) is 1. The molecule has 5 heterocycles. The molecule has 1 aliphatic heterocycles. The summed E-state index contributed by atoms with van der Waals surface area (Å²) in [5, 5.41) is 22.2. The molecule has 1 aliphatic rings. The number of aromatic carboxylic acids is 1. The number of carboxylic acid groups (broad SMARTS) is 1. The van der Waals surface area contributed by atoms with Gasteiger partial charge in [-0.3, -0.25) is 24.0 Å². The fraction of sp³-hybridized carbons (Fsp3) is 0.361. The van der Waals surface area contributed by atoms with E-state index in [0.29, 0.717) is 50.3 Å². The van der Waals surface area contributed by atoms with Crippen molar-refractivity contribution in [2.24, 2.45) is 5.92 Å². The quantitative estimate of drug-likeness (QED) is 0.177. The third-order valence-corrected chi connectivity index (χ3v) is 10.5. The number of rotatable bonds is 11. The minimum Gasteiger partial charge on any atom is -0.491 e. The normalized spacial score (nSPS) is 13.9. The summed E-state index contributed by atoms with van der Waals surface area (Å²) in [6.45, 7) is 7.75. The molecule has 0 atom stereocenters. The number of piperidine rings is 1. The van der Waals surface area contributed by atoms with Crippen LogP contribution < -0.4 is 15.2 Å². The van der Waals surface area contributed by atoms with Crippen molar-refractivity contribution in [2.75, 3.05) is 38.2 Å². The van der Waals surface area contributed by atoms with Gasteiger partial charge in [0.2, 0.25) is 0 Å². The molecule has 1 aromatic carbocycles. The number of carbonyl (C=O) groups excluding carboxylic acids is 1. The van der Waals surface area contributed by atoms with E-state index in [1.165, 1.54) is 15.9 Å². The van der Waals surface area contributed by atoms with Gasteiger partial charge in [0.15, 0.2) is 0 Å². The molecule has 1 saturated heterocycles. The summed E-state index contributed by atoms with van der Waals surface area (Å²) >= 11 is 7.66. The van der Waals surface area contributed by atoms with Crippen LogP contribution in [0, 0.1) is 24.2 Å². The lowest BCUT2D eigenvalue weighted by Gasteiger charge is -2.37. The number of benzene rings is 1. The van der Waals surface area contributed by atoms with Crippen LogP contribution in [0.4, 0.5) is 5.82 Å². The lowest BCUT2D eigenvalue weighted by atomic mass is 10.0. The molecule has 0 amide bonds. The monoisotopic (exact) mass is 713 g/mol. The van der Waals surface area contributed by atoms with Crippen molar-refractivity contribution in [3.05, 3.63) is 74.4 Å². The predicted molar refractivity (Wildman–Crippen MR) is 193 cm³/mol. The minimum absolute atomic E-state index is 0.00147. The highest BCUT2D eigenvalue weighted by atomic mass is 35.5. The Balaban J connectivity index is 1.24. The number of carbonyl (C=O) groups is 2. The van der Waals surface area contributed by atoms with E-state index in [9.17, 15) is 24.8 Å². The zero-order chi connectivity index (χ0) is 35.7. The number of ketones is 1. The van der Waals surface area contributed by atoms with E-state index in [2.05, 4.69) is 25.9 Å². The molecular formula is C36H36ClN7O5S. The molecule has 6 rings (SSSR count). The van der Waals surface area contributed by atoms with E-state index in [-0.39, 0.29) is 53.0 Å². The molecule has 0 spiro atoms. The fourth-order valence-corrected chi connectivity index (χ4v) is 7.57. The van der Waals surface area contributed by atoms with E-state index in [1.54, 1.807) is 49.0 Å². The highest BCUT2D eigenvalue weighted by molar-refractivity contribution is 7.18. The van der Waals surface area contributed by atoms with Gasteiger partial charge in [0.05, 0.1) is 46.0 Å². The zero-order valence-corrected chi connectivity index (χ0v) is 29.7. The molecule has 4 aromatic heterocycles. The van der Waals surface area contributed by atoms with E-state index in [1.807, 2.05) is 25.8 Å². The van der Waals surface area contributed by atoms with Crippen LogP contribution in [0.15, 0.2) is 46.8 Å². The number of likely N-dealkylation sites (tertiary alicyclic amines) is 1. The first kappa shape index (κ1) is 34.9. The topological polar surface area (TPSA) is 155 Å². The van der Waals surface area contributed by atoms with Gasteiger partial charge in [0, 0.05) is 59.8 Å². The Morgan fingerprint density at radius 1 is 1.20 bits per heavy atom. The summed E-state index contributed by atoms with van der Waals surface area (Å²) in [5.74, 6) is 0.543. The molecule has 0 aliphatic carbocycles. The highest BCUT2D eigenvalue weighted by Crippen LogP contribution is 2.39. The van der Waals surface area contributed by atoms with Gasteiger partial charge < -0.3 is 14.7 Å². The van der Waals surface area contributed by atoms with Crippen molar-refractivity contribution in [2.45, 2.75) is 46.2 Å². The van der Waals surface area contributed by atoms with E-state index < -0.39 is 5.97 Å². The number of aromatic nitrogens is 4. The van der Waals surface area contributed by atoms with Gasteiger partial charge in [0.25, 0.3) is 5.56 Å². The summed E-state index contributed by atoms with van der Waals surface area (Å²) in [6.07, 6.45) is 4.69. The molecule has 258 valence electrons. The first-order valence-corrected chi connectivity index (χ1v) is 17.5. The highest BCUT2D eigenvalue weighted by Gasteiger charge is 2.28. The zero-order valence-electron chi connectivity index (χ0n) is 28.1. The Hall–Kier alpha value is -4.90. The largest absolute Gasteiger partial charge is 0.491 e. The van der Waals surface area contributed by atoms with Crippen LogP contribution in [0.2, 0.25) is 5.02 Å². The summed E-state index contributed by atoms with van der Waals surface area (Å²) < 4.78 is 8.41. The van der Waals surface area contributed by atoms with Crippen LogP contribution in [0.25, 0.3) is 32.2 Å². The summed E-state index contributed by atoms with van der Waals surface area (Å²) in [6, 6.07) is 9.29. The van der Waals surface area contributed by atoms with Gasteiger partial charge in [-0.2, -0.15) is 5.26 Å². The van der Waals surface area contributed by atoms with Crippen molar-refractivity contribution < 1.29 is 19.4 Å². The number of anilines is 1. The van der Waals surface area contributed by atoms with Gasteiger partial charge in [-0.15, -0.1) is 11.3 Å². The number of aryl methyl sites for hydroxylation is 1. The maximum absolute atomic E-state index is 14.0. The van der Waals surface area contributed by atoms with Crippen LogP contribution >= 0.6 is 22.9 Å². The SMILES string of the molecule is Cc1nc2cnc(N(C)C3CCN(CC(=O)C(C)C)CC3)c(C#N)c2c(=O)n1CCOc1ccc(Cl)cc1-c1ccnc2c(C(=O)O)csc12. The van der Waals surface area contributed by atoms with Crippen molar-refractivity contribution in [1.29, 1.82) is 5.26 Å². The molecule has 1 fully saturated rings. The molecule has 5 aromatic rings. The molecule has 14 heteroatoms. The number of Topliss-reactive ketones (excluding diaryl/α,β-unsaturated/α-hetero) is 1. The summed E-state index contributed by atoms with van der Waals surface area (Å²) in [5.41, 5.74) is 2.05. The Morgan fingerprint density at radius 3 is 2.66 bits per heavy atom. The lowest BCUT2D eigenvalue weighted by molar-refractivity contribution is -0.123. The average Bonchev–Trinajstić information content (AvgIpc) is 3.55. The van der Waals surface area contributed by atoms with Crippen LogP contribution in [0.3, 0.4) is 0 Å². The predicted octanol–water partition coefficient (Wildman–Crippen LogP) is 5.80. The Labute approximate surface area is 297 Å². The standard InChI is InChI=1S/C36H36ClN7O5S/c1-20(2)29(45)18-43-11-8-23(9-12-43)42(4)34-26(16-38)31-28(17-40-34)41-21(3)44(35(31)46)13-14-49-30-6-5-22(37)15-25(30)24-7-10-39-32-27(36(47)48)19-50-33(24)32/h5-7,10,15,17,19-20,23H,8-9,11-14,18H2,1-4H3,(H,47,48). The van der Waals surface area contributed by atoms with Gasteiger partial charge >= 0.3 is 5.97 Å². The number of nitrogens with zero attached hydrogens (tertiary/aromatic N) is 7. The fourth-order valence-electron chi connectivity index (χ4n) is 6.37. The number of hydrogen-bond acceptors (Lipinski definition) is 11. The molecule has 50 heavy (non-hydrogen) atoms. The smallest absolute Gasteiger partial charge is 0.338 e. The third-order valence-electron chi connectivity index (χ3n) is 9.23. The van der Waals surface area contributed by atoms with Crippen LogP contribution in [0.1, 0.15) is 48.4 Å². The number of halogens is 1. The number of pyridine rings is 2. The minimum atomic E-state index is -1.06. The van der Waals surface area contributed by atoms with Crippen molar-refractivity contribution in [1.82, 2.24) is 24.4 Å². The number of carboxylic acids is 1. The van der Waals surface area contributed by atoms with Gasteiger partial charge in [-0.25, -0.2) is 14.8 Å². The van der Waals surface area contributed by atoms with Crippen molar-refractivity contribution >= 4 is 61.6 Å². The summed E-state index contributed by atoms with van der Waals surface area (Å²) in [4.78, 5) is 55.7. The first-order valence-electron chi connectivity index (χ1n) is 16.3. The first-order chi connectivity index (χ1) is 24.0. The van der Waals surface area contributed by atoms with E-state index >= 15 is 0 Å². The maximum atomic E-state index is 14.0. The molecule has 0 unspecified atom stereocenters. The van der Waals surface area contributed by atoms with Gasteiger partial charge in [0.1, 0.15) is 41.4 Å². The van der Waals surface area contributed by atoms with Gasteiger partial charge in [-0.1, -0.05) is 25.4 Å². The number of nitriles is 1. The molecule has 0 radical (unpaired) electrons. The Bertz CT molecular complexity index is 2220. The Kier molecular flexibility index (Phi) is 10.2. The van der Waals surface area contributed by atoms with Gasteiger partial charge in [-0.05, 0) is 44.0 Å². The van der Waals surface area contributed by atoms with Crippen LogP contribution in [0.5, 0.6) is 5.75 Å². The second kappa shape index (κ2) is 14.5. The van der Waals surface area contributed by atoms with Crippen LogP contribution in [-0.4, -0.2) is 80.6 Å². The second-order valence-corrected chi connectivity index (χ2v) is 14.0. The third kappa shape index (κ3) is 6.79. The number of fused-ring (bicyclic) bond motifs is 2. The number of hydrogen-bond donors (Lipinski definition) is 1. The number of thiophene rings is 1. The molecule has 0 saturated carbocycles. The van der Waals surface area contributed by atoms with E-state index in [4.69, 9.17) is 16.3 Å².